The molecule has 1 aliphatic rings. The molecular formula is C13H24N2O4. The summed E-state index contributed by atoms with van der Waals surface area (Å²) < 4.78 is 5.18. The molecule has 4 N–H and O–H groups in total. The number of aliphatic carboxylic acids is 1. The van der Waals surface area contributed by atoms with E-state index in [0.29, 0.717) is 25.7 Å². The molecule has 0 unspecified atom stereocenters. The molecule has 0 spiro atoms. The van der Waals surface area contributed by atoms with Crippen LogP contribution >= 0.6 is 0 Å². The van der Waals surface area contributed by atoms with Crippen LogP contribution in [0.15, 0.2) is 0 Å². The molecule has 0 atom stereocenters. The van der Waals surface area contributed by atoms with Crippen molar-refractivity contribution in [1.82, 2.24) is 5.32 Å². The van der Waals surface area contributed by atoms with Crippen molar-refractivity contribution >= 4 is 12.1 Å². The average Bonchev–Trinajstić information content (AvgIpc) is 2.17. The molecule has 1 rings (SSSR count). The van der Waals surface area contributed by atoms with Crippen LogP contribution in [0.1, 0.15) is 52.9 Å². The number of hydrogen-bond acceptors (Lipinski definition) is 4. The lowest BCUT2D eigenvalue weighted by atomic mass is 9.78. The Hall–Kier alpha value is -1.30. The normalized spacial score (nSPS) is 27.7. The summed E-state index contributed by atoms with van der Waals surface area (Å²) >= 11 is 0. The Balaban J connectivity index is 2.38. The van der Waals surface area contributed by atoms with Gasteiger partial charge in [0.2, 0.25) is 0 Å². The molecule has 0 bridgehead atoms. The van der Waals surface area contributed by atoms with E-state index in [1.54, 1.807) is 0 Å². The smallest absolute Gasteiger partial charge is 0.407 e. The standard InChI is InChI=1S/C13H24N2O4/c1-12(2,3)19-11(18)15-9-4-6-13(14,7-5-9)8-10(16)17/h9H,4-8,14H2,1-3H3,(H,15,18)(H,16,17). The van der Waals surface area contributed by atoms with Gasteiger partial charge < -0.3 is 20.9 Å². The van der Waals surface area contributed by atoms with Crippen molar-refractivity contribution in [3.05, 3.63) is 0 Å². The first-order valence-corrected chi connectivity index (χ1v) is 6.60. The van der Waals surface area contributed by atoms with Crippen molar-refractivity contribution < 1.29 is 19.4 Å². The van der Waals surface area contributed by atoms with Gasteiger partial charge in [0.15, 0.2) is 0 Å². The number of nitrogens with two attached hydrogens (primary N) is 1. The molecule has 0 radical (unpaired) electrons. The van der Waals surface area contributed by atoms with Gasteiger partial charge in [-0.25, -0.2) is 4.79 Å². The number of carbonyl (C=O) groups is 2. The van der Waals surface area contributed by atoms with Crippen molar-refractivity contribution in [3.8, 4) is 0 Å². The fourth-order valence-electron chi connectivity index (χ4n) is 2.29. The lowest BCUT2D eigenvalue weighted by Gasteiger charge is -2.36. The molecule has 1 amide bonds. The maximum atomic E-state index is 11.6. The summed E-state index contributed by atoms with van der Waals surface area (Å²) in [5.74, 6) is -0.874. The monoisotopic (exact) mass is 272 g/mol. The van der Waals surface area contributed by atoms with Crippen molar-refractivity contribution in [1.29, 1.82) is 0 Å². The number of carboxylic acid groups (broad SMARTS) is 1. The van der Waals surface area contributed by atoms with E-state index in [4.69, 9.17) is 15.6 Å². The van der Waals surface area contributed by atoms with Gasteiger partial charge in [0.1, 0.15) is 5.60 Å². The number of amides is 1. The first-order valence-electron chi connectivity index (χ1n) is 6.60. The molecule has 6 nitrogen and oxygen atoms in total. The number of rotatable bonds is 3. The zero-order valence-corrected chi connectivity index (χ0v) is 11.9. The molecule has 0 aromatic carbocycles. The Morgan fingerprint density at radius 3 is 2.32 bits per heavy atom. The van der Waals surface area contributed by atoms with Gasteiger partial charge in [-0.3, -0.25) is 4.79 Å². The highest BCUT2D eigenvalue weighted by atomic mass is 16.6. The fourth-order valence-corrected chi connectivity index (χ4v) is 2.29. The van der Waals surface area contributed by atoms with Gasteiger partial charge in [0, 0.05) is 11.6 Å². The predicted molar refractivity (Wildman–Crippen MR) is 70.8 cm³/mol. The summed E-state index contributed by atoms with van der Waals surface area (Å²) in [6, 6.07) is 0.0142. The van der Waals surface area contributed by atoms with Crippen molar-refractivity contribution in [3.63, 3.8) is 0 Å². The fraction of sp³-hybridized carbons (Fsp3) is 0.846. The third-order valence-corrected chi connectivity index (χ3v) is 3.21. The maximum Gasteiger partial charge on any atom is 0.407 e. The summed E-state index contributed by atoms with van der Waals surface area (Å²) in [6.07, 6.45) is 2.11. The highest BCUT2D eigenvalue weighted by molar-refractivity contribution is 5.69. The predicted octanol–water partition coefficient (Wildman–Crippen LogP) is 1.63. The maximum absolute atomic E-state index is 11.6. The highest BCUT2D eigenvalue weighted by Crippen LogP contribution is 2.29. The molecule has 1 aliphatic carbocycles. The van der Waals surface area contributed by atoms with E-state index in [0.717, 1.165) is 0 Å². The number of ether oxygens (including phenoxy) is 1. The van der Waals surface area contributed by atoms with Gasteiger partial charge in [0.05, 0.1) is 6.42 Å². The molecule has 19 heavy (non-hydrogen) atoms. The first kappa shape index (κ1) is 15.8. The third-order valence-electron chi connectivity index (χ3n) is 3.21. The van der Waals surface area contributed by atoms with Gasteiger partial charge in [-0.15, -0.1) is 0 Å². The van der Waals surface area contributed by atoms with E-state index >= 15 is 0 Å². The van der Waals surface area contributed by atoms with Crippen LogP contribution in [0, 0.1) is 0 Å². The second-order valence-corrected chi connectivity index (χ2v) is 6.35. The molecule has 0 saturated heterocycles. The van der Waals surface area contributed by atoms with E-state index in [1.807, 2.05) is 20.8 Å². The van der Waals surface area contributed by atoms with Crippen LogP contribution < -0.4 is 11.1 Å². The van der Waals surface area contributed by atoms with Gasteiger partial charge in [-0.1, -0.05) is 0 Å². The third kappa shape index (κ3) is 5.92. The second-order valence-electron chi connectivity index (χ2n) is 6.35. The second kappa shape index (κ2) is 5.77. The molecule has 110 valence electrons. The largest absolute Gasteiger partial charge is 0.481 e. The minimum Gasteiger partial charge on any atom is -0.481 e. The van der Waals surface area contributed by atoms with Gasteiger partial charge in [0.25, 0.3) is 0 Å². The van der Waals surface area contributed by atoms with Gasteiger partial charge >= 0.3 is 12.1 Å². The van der Waals surface area contributed by atoms with Crippen molar-refractivity contribution in [2.75, 3.05) is 0 Å². The van der Waals surface area contributed by atoms with Crippen LogP contribution in [0.2, 0.25) is 0 Å². The molecular weight excluding hydrogens is 248 g/mol. The topological polar surface area (TPSA) is 102 Å². The Labute approximate surface area is 113 Å². The Morgan fingerprint density at radius 1 is 1.37 bits per heavy atom. The number of alkyl carbamates (subject to hydrolysis) is 1. The molecule has 0 heterocycles. The molecule has 0 aliphatic heterocycles. The Morgan fingerprint density at radius 2 is 1.89 bits per heavy atom. The van der Waals surface area contributed by atoms with Crippen LogP contribution in [-0.4, -0.2) is 34.4 Å². The van der Waals surface area contributed by atoms with Crippen LogP contribution in [-0.2, 0) is 9.53 Å². The lowest BCUT2D eigenvalue weighted by Crippen LogP contribution is -2.50. The summed E-state index contributed by atoms with van der Waals surface area (Å²) in [6.45, 7) is 5.43. The number of carboxylic acids is 1. The zero-order chi connectivity index (χ0) is 14.7. The quantitative estimate of drug-likeness (QED) is 0.724. The SMILES string of the molecule is CC(C)(C)OC(=O)NC1CCC(N)(CC(=O)O)CC1. The van der Waals surface area contributed by atoms with E-state index < -0.39 is 23.2 Å². The molecule has 1 saturated carbocycles. The van der Waals surface area contributed by atoms with Crippen molar-refractivity contribution in [2.45, 2.75) is 70.1 Å². The summed E-state index contributed by atoms with van der Waals surface area (Å²) in [5, 5.41) is 11.6. The van der Waals surface area contributed by atoms with Crippen molar-refractivity contribution in [2.24, 2.45) is 5.73 Å². The average molecular weight is 272 g/mol. The van der Waals surface area contributed by atoms with E-state index in [9.17, 15) is 9.59 Å². The Kier molecular flexibility index (Phi) is 4.79. The lowest BCUT2D eigenvalue weighted by molar-refractivity contribution is -0.138. The zero-order valence-electron chi connectivity index (χ0n) is 11.9. The first-order chi connectivity index (χ1) is 8.60. The highest BCUT2D eigenvalue weighted by Gasteiger charge is 2.34. The van der Waals surface area contributed by atoms with Gasteiger partial charge in [-0.05, 0) is 46.5 Å². The molecule has 0 aromatic rings. The number of hydrogen-bond donors (Lipinski definition) is 3. The Bertz CT molecular complexity index is 341. The minimum absolute atomic E-state index is 0.0142. The summed E-state index contributed by atoms with van der Waals surface area (Å²) in [5.41, 5.74) is 4.87. The summed E-state index contributed by atoms with van der Waals surface area (Å²) in [7, 11) is 0. The molecule has 6 heteroatoms. The number of nitrogens with one attached hydrogen (secondary N) is 1. The number of carbonyl (C=O) groups excluding carboxylic acids is 1. The van der Waals surface area contributed by atoms with Gasteiger partial charge in [-0.2, -0.15) is 0 Å². The van der Waals surface area contributed by atoms with E-state index in [1.165, 1.54) is 0 Å². The molecule has 0 aromatic heterocycles. The van der Waals surface area contributed by atoms with Crippen LogP contribution in [0.25, 0.3) is 0 Å². The van der Waals surface area contributed by atoms with E-state index in [-0.39, 0.29) is 12.5 Å². The van der Waals surface area contributed by atoms with Crippen LogP contribution in [0.4, 0.5) is 4.79 Å². The minimum atomic E-state index is -0.874. The van der Waals surface area contributed by atoms with E-state index in [2.05, 4.69) is 5.32 Å². The van der Waals surface area contributed by atoms with Crippen LogP contribution in [0.5, 0.6) is 0 Å². The summed E-state index contributed by atoms with van der Waals surface area (Å²) in [4.78, 5) is 22.3. The van der Waals surface area contributed by atoms with Crippen LogP contribution in [0.3, 0.4) is 0 Å². The molecule has 1 fully saturated rings.